The largest absolute Gasteiger partial charge is 0.274 e. The van der Waals surface area contributed by atoms with Gasteiger partial charge in [0.05, 0.1) is 6.07 Å². The van der Waals surface area contributed by atoms with Gasteiger partial charge in [-0.25, -0.2) is 0 Å². The quantitative estimate of drug-likeness (QED) is 0.625. The van der Waals surface area contributed by atoms with E-state index in [0.717, 1.165) is 22.4 Å². The number of rotatable bonds is 4. The molecule has 0 aliphatic rings. The average Bonchev–Trinajstić information content (AvgIpc) is 2.72. The molecule has 0 saturated heterocycles. The van der Waals surface area contributed by atoms with Crippen LogP contribution in [0.2, 0.25) is 0 Å². The first-order valence-electron chi connectivity index (χ1n) is 5.71. The highest BCUT2D eigenvalue weighted by Gasteiger charge is 2.10. The summed E-state index contributed by atoms with van der Waals surface area (Å²) in [6, 6.07) is 10.4. The van der Waals surface area contributed by atoms with Crippen LogP contribution in [0.15, 0.2) is 29.4 Å². The number of aryl methyl sites for hydroxylation is 2. The Morgan fingerprint density at radius 2 is 1.94 bits per heavy atom. The van der Waals surface area contributed by atoms with Crippen LogP contribution in [-0.4, -0.2) is 20.5 Å². The van der Waals surface area contributed by atoms with Crippen molar-refractivity contribution >= 4 is 11.8 Å². The minimum Gasteiger partial charge on any atom is -0.274 e. The highest BCUT2D eigenvalue weighted by Crippen LogP contribution is 2.22. The number of thioether (sulfide) groups is 1. The SMILES string of the molecule is Cc1ccc(-n2c(C)nnc2SCCC#N)cc1. The first kappa shape index (κ1) is 12.7. The standard InChI is InChI=1S/C13H14N4S/c1-10-4-6-12(7-5-10)17-11(2)15-16-13(17)18-9-3-8-14/h4-7H,3,9H2,1-2H3. The van der Waals surface area contributed by atoms with Crippen LogP contribution in [0.25, 0.3) is 5.69 Å². The van der Waals surface area contributed by atoms with Gasteiger partial charge < -0.3 is 0 Å². The number of aromatic nitrogens is 3. The van der Waals surface area contributed by atoms with Gasteiger partial charge in [-0.15, -0.1) is 10.2 Å². The molecule has 1 heterocycles. The summed E-state index contributed by atoms with van der Waals surface area (Å²) in [5.41, 5.74) is 2.28. The molecule has 0 aliphatic heterocycles. The molecular weight excluding hydrogens is 244 g/mol. The highest BCUT2D eigenvalue weighted by molar-refractivity contribution is 7.99. The van der Waals surface area contributed by atoms with Crippen molar-refractivity contribution in [3.8, 4) is 11.8 Å². The van der Waals surface area contributed by atoms with Crippen LogP contribution in [0.4, 0.5) is 0 Å². The van der Waals surface area contributed by atoms with Crippen LogP contribution in [-0.2, 0) is 0 Å². The fourth-order valence-electron chi connectivity index (χ4n) is 1.62. The molecule has 0 bridgehead atoms. The van der Waals surface area contributed by atoms with Crippen molar-refractivity contribution < 1.29 is 0 Å². The van der Waals surface area contributed by atoms with Crippen molar-refractivity contribution in [2.75, 3.05) is 5.75 Å². The Morgan fingerprint density at radius 3 is 2.61 bits per heavy atom. The van der Waals surface area contributed by atoms with Crippen molar-refractivity contribution in [2.24, 2.45) is 0 Å². The Labute approximate surface area is 111 Å². The molecule has 0 radical (unpaired) electrons. The lowest BCUT2D eigenvalue weighted by molar-refractivity contribution is 0.867. The van der Waals surface area contributed by atoms with Crippen LogP contribution >= 0.6 is 11.8 Å². The van der Waals surface area contributed by atoms with E-state index < -0.39 is 0 Å². The zero-order valence-electron chi connectivity index (χ0n) is 10.4. The molecule has 0 N–H and O–H groups in total. The van der Waals surface area contributed by atoms with Crippen LogP contribution in [0, 0.1) is 25.2 Å². The van der Waals surface area contributed by atoms with E-state index >= 15 is 0 Å². The second kappa shape index (κ2) is 5.69. The lowest BCUT2D eigenvalue weighted by Gasteiger charge is -2.07. The van der Waals surface area contributed by atoms with E-state index in [4.69, 9.17) is 5.26 Å². The zero-order valence-corrected chi connectivity index (χ0v) is 11.2. The summed E-state index contributed by atoms with van der Waals surface area (Å²) in [5, 5.41) is 17.7. The molecule has 0 spiro atoms. The van der Waals surface area contributed by atoms with Gasteiger partial charge in [0, 0.05) is 17.9 Å². The normalized spacial score (nSPS) is 10.3. The molecule has 92 valence electrons. The monoisotopic (exact) mass is 258 g/mol. The van der Waals surface area contributed by atoms with Crippen molar-refractivity contribution in [3.63, 3.8) is 0 Å². The van der Waals surface area contributed by atoms with E-state index in [2.05, 4.69) is 47.5 Å². The molecule has 0 atom stereocenters. The third-order valence-electron chi connectivity index (χ3n) is 2.53. The molecule has 0 aliphatic carbocycles. The van der Waals surface area contributed by atoms with Crippen molar-refractivity contribution in [1.82, 2.24) is 14.8 Å². The lowest BCUT2D eigenvalue weighted by Crippen LogP contribution is -1.99. The summed E-state index contributed by atoms with van der Waals surface area (Å²) in [6.45, 7) is 3.99. The first-order chi connectivity index (χ1) is 8.72. The number of hydrogen-bond donors (Lipinski definition) is 0. The maximum atomic E-state index is 8.56. The molecule has 1 aromatic heterocycles. The number of nitriles is 1. The van der Waals surface area contributed by atoms with Gasteiger partial charge in [0.2, 0.25) is 0 Å². The first-order valence-corrected chi connectivity index (χ1v) is 6.69. The summed E-state index contributed by atoms with van der Waals surface area (Å²) < 4.78 is 2.02. The van der Waals surface area contributed by atoms with Gasteiger partial charge in [-0.2, -0.15) is 5.26 Å². The summed E-state index contributed by atoms with van der Waals surface area (Å²) >= 11 is 1.56. The second-order valence-electron chi connectivity index (χ2n) is 3.96. The van der Waals surface area contributed by atoms with E-state index in [1.54, 1.807) is 11.8 Å². The molecule has 0 saturated carbocycles. The van der Waals surface area contributed by atoms with Gasteiger partial charge in [0.1, 0.15) is 5.82 Å². The van der Waals surface area contributed by atoms with E-state index in [1.807, 2.05) is 11.5 Å². The fourth-order valence-corrected chi connectivity index (χ4v) is 2.46. The van der Waals surface area contributed by atoms with Crippen molar-refractivity contribution in [1.29, 1.82) is 5.26 Å². The number of nitrogens with zero attached hydrogens (tertiary/aromatic N) is 4. The number of hydrogen-bond acceptors (Lipinski definition) is 4. The Kier molecular flexibility index (Phi) is 4.00. The van der Waals surface area contributed by atoms with Gasteiger partial charge in [0.25, 0.3) is 0 Å². The maximum absolute atomic E-state index is 8.56. The molecular formula is C13H14N4S. The summed E-state index contributed by atoms with van der Waals surface area (Å²) in [7, 11) is 0. The fraction of sp³-hybridized carbons (Fsp3) is 0.308. The van der Waals surface area contributed by atoms with Gasteiger partial charge in [-0.05, 0) is 26.0 Å². The Bertz CT molecular complexity index is 566. The second-order valence-corrected chi connectivity index (χ2v) is 5.02. The van der Waals surface area contributed by atoms with Gasteiger partial charge in [-0.1, -0.05) is 29.5 Å². The van der Waals surface area contributed by atoms with Gasteiger partial charge in [0.15, 0.2) is 5.16 Å². The molecule has 18 heavy (non-hydrogen) atoms. The minimum atomic E-state index is 0.518. The van der Waals surface area contributed by atoms with E-state index in [1.165, 1.54) is 5.56 Å². The predicted molar refractivity (Wildman–Crippen MR) is 71.8 cm³/mol. The Morgan fingerprint density at radius 1 is 1.22 bits per heavy atom. The smallest absolute Gasteiger partial charge is 0.195 e. The van der Waals surface area contributed by atoms with Gasteiger partial charge in [-0.3, -0.25) is 4.57 Å². The van der Waals surface area contributed by atoms with Gasteiger partial charge >= 0.3 is 0 Å². The molecule has 0 unspecified atom stereocenters. The van der Waals surface area contributed by atoms with Crippen LogP contribution in [0.3, 0.4) is 0 Å². The molecule has 2 rings (SSSR count). The minimum absolute atomic E-state index is 0.518. The molecule has 2 aromatic rings. The Hall–Kier alpha value is -1.80. The van der Waals surface area contributed by atoms with Crippen molar-refractivity contribution in [2.45, 2.75) is 25.4 Å². The van der Waals surface area contributed by atoms with Crippen LogP contribution in [0.1, 0.15) is 17.8 Å². The zero-order chi connectivity index (χ0) is 13.0. The highest BCUT2D eigenvalue weighted by atomic mass is 32.2. The topological polar surface area (TPSA) is 54.5 Å². The molecule has 1 aromatic carbocycles. The molecule has 5 heteroatoms. The van der Waals surface area contributed by atoms with E-state index in [0.29, 0.717) is 6.42 Å². The average molecular weight is 258 g/mol. The predicted octanol–water partition coefficient (Wildman–Crippen LogP) is 2.89. The summed E-state index contributed by atoms with van der Waals surface area (Å²) in [6.07, 6.45) is 0.518. The summed E-state index contributed by atoms with van der Waals surface area (Å²) in [4.78, 5) is 0. The van der Waals surface area contributed by atoms with Crippen molar-refractivity contribution in [3.05, 3.63) is 35.7 Å². The van der Waals surface area contributed by atoms with E-state index in [9.17, 15) is 0 Å². The molecule has 0 fully saturated rings. The van der Waals surface area contributed by atoms with E-state index in [-0.39, 0.29) is 0 Å². The Balaban J connectivity index is 2.29. The van der Waals surface area contributed by atoms with Crippen LogP contribution in [0.5, 0.6) is 0 Å². The number of benzene rings is 1. The summed E-state index contributed by atoms with van der Waals surface area (Å²) in [5.74, 6) is 1.60. The molecule has 0 amide bonds. The molecule has 4 nitrogen and oxygen atoms in total. The van der Waals surface area contributed by atoms with Crippen LogP contribution < -0.4 is 0 Å². The third-order valence-corrected chi connectivity index (χ3v) is 3.46. The lowest BCUT2D eigenvalue weighted by atomic mass is 10.2. The third kappa shape index (κ3) is 2.71. The maximum Gasteiger partial charge on any atom is 0.195 e.